The van der Waals surface area contributed by atoms with Gasteiger partial charge in [-0.3, -0.25) is 4.90 Å². The van der Waals surface area contributed by atoms with Crippen LogP contribution >= 0.6 is 0 Å². The van der Waals surface area contributed by atoms with Gasteiger partial charge < -0.3 is 15.4 Å². The Bertz CT molecular complexity index is 389. The first-order chi connectivity index (χ1) is 9.27. The normalized spacial score (nSPS) is 19.5. The lowest BCUT2D eigenvalue weighted by Crippen LogP contribution is -2.41. The molecule has 1 aliphatic heterocycles. The van der Waals surface area contributed by atoms with Gasteiger partial charge in [0.15, 0.2) is 0 Å². The van der Waals surface area contributed by atoms with Crippen molar-refractivity contribution in [1.82, 2.24) is 10.6 Å². The molecule has 2 N–H and O–H groups in total. The number of benzene rings is 1. The van der Waals surface area contributed by atoms with Crippen molar-refractivity contribution in [2.45, 2.75) is 0 Å². The molecule has 1 heterocycles. The van der Waals surface area contributed by atoms with Gasteiger partial charge in [-0.05, 0) is 12.1 Å². The highest BCUT2D eigenvalue weighted by Gasteiger charge is 2.15. The molecule has 5 nitrogen and oxygen atoms in total. The molecule has 0 bridgehead atoms. The van der Waals surface area contributed by atoms with Crippen LogP contribution in [0.3, 0.4) is 0 Å². The van der Waals surface area contributed by atoms with Gasteiger partial charge in [-0.2, -0.15) is 0 Å². The third-order valence-electron chi connectivity index (χ3n) is 3.20. The second-order valence-electron chi connectivity index (χ2n) is 4.73. The molecule has 2 amide bonds. The molecule has 0 spiro atoms. The number of carbonyl (C=O) groups excluding carboxylic acids is 1. The van der Waals surface area contributed by atoms with Gasteiger partial charge in [0.2, 0.25) is 0 Å². The summed E-state index contributed by atoms with van der Waals surface area (Å²) in [6.07, 6.45) is 0. The molecule has 0 aliphatic carbocycles. The van der Waals surface area contributed by atoms with Crippen LogP contribution in [0.25, 0.3) is 0 Å². The Labute approximate surface area is 113 Å². The maximum atomic E-state index is 12.0. The third-order valence-corrected chi connectivity index (χ3v) is 3.20. The van der Waals surface area contributed by atoms with E-state index in [0.29, 0.717) is 19.1 Å². The number of nitrogens with one attached hydrogen (secondary N) is 2. The van der Waals surface area contributed by atoms with Crippen LogP contribution in [0.1, 0.15) is 0 Å². The van der Waals surface area contributed by atoms with E-state index in [1.165, 1.54) is 0 Å². The van der Waals surface area contributed by atoms with Gasteiger partial charge in [0.25, 0.3) is 0 Å². The van der Waals surface area contributed by atoms with E-state index in [1.54, 1.807) is 11.9 Å². The molecule has 104 valence electrons. The van der Waals surface area contributed by atoms with Gasteiger partial charge in [-0.1, -0.05) is 18.2 Å². The van der Waals surface area contributed by atoms with Crippen LogP contribution in [-0.4, -0.2) is 45.9 Å². The maximum Gasteiger partial charge on any atom is 0.321 e. The van der Waals surface area contributed by atoms with Crippen LogP contribution in [0.4, 0.5) is 10.5 Å². The van der Waals surface area contributed by atoms with Crippen molar-refractivity contribution in [3.05, 3.63) is 30.3 Å². The summed E-state index contributed by atoms with van der Waals surface area (Å²) in [5.41, 5.74) is 0.884. The standard InChI is InChI=1S/C14H21N3O2/c1-17(13-5-3-2-4-6-13)14(18)16-10-12-9-15-7-8-19-11-12/h2-6,12,15H,7-11H2,1H3,(H,16,18). The van der Waals surface area contributed by atoms with Gasteiger partial charge in [0, 0.05) is 38.3 Å². The summed E-state index contributed by atoms with van der Waals surface area (Å²) in [6.45, 7) is 3.84. The fourth-order valence-corrected chi connectivity index (χ4v) is 2.01. The second kappa shape index (κ2) is 7.11. The Morgan fingerprint density at radius 2 is 2.26 bits per heavy atom. The molecule has 1 aromatic rings. The van der Waals surface area contributed by atoms with E-state index in [9.17, 15) is 4.79 Å². The van der Waals surface area contributed by atoms with Gasteiger partial charge in [0.05, 0.1) is 13.2 Å². The molecule has 1 aromatic carbocycles. The monoisotopic (exact) mass is 263 g/mol. The van der Waals surface area contributed by atoms with Gasteiger partial charge in [-0.25, -0.2) is 4.79 Å². The van der Waals surface area contributed by atoms with Crippen molar-refractivity contribution in [2.75, 3.05) is 44.8 Å². The molecule has 5 heteroatoms. The minimum atomic E-state index is -0.0875. The Morgan fingerprint density at radius 3 is 3.05 bits per heavy atom. The Balaban J connectivity index is 1.80. The number of amides is 2. The molecule has 1 aliphatic rings. The summed E-state index contributed by atoms with van der Waals surface area (Å²) in [4.78, 5) is 13.6. The molecule has 19 heavy (non-hydrogen) atoms. The van der Waals surface area contributed by atoms with Crippen molar-refractivity contribution in [3.8, 4) is 0 Å². The number of ether oxygens (including phenoxy) is 1. The number of carbonyl (C=O) groups is 1. The average molecular weight is 263 g/mol. The minimum Gasteiger partial charge on any atom is -0.380 e. The van der Waals surface area contributed by atoms with E-state index in [0.717, 1.165) is 25.4 Å². The second-order valence-corrected chi connectivity index (χ2v) is 4.73. The molecular weight excluding hydrogens is 242 g/mol. The number of anilines is 1. The summed E-state index contributed by atoms with van der Waals surface area (Å²) in [7, 11) is 1.77. The number of hydrogen-bond donors (Lipinski definition) is 2. The summed E-state index contributed by atoms with van der Waals surface area (Å²) in [6, 6.07) is 9.51. The zero-order valence-corrected chi connectivity index (χ0v) is 11.3. The first kappa shape index (κ1) is 13.8. The van der Waals surface area contributed by atoms with E-state index in [4.69, 9.17) is 4.74 Å². The molecular formula is C14H21N3O2. The smallest absolute Gasteiger partial charge is 0.321 e. The largest absolute Gasteiger partial charge is 0.380 e. The van der Waals surface area contributed by atoms with Crippen LogP contribution in [-0.2, 0) is 4.74 Å². The molecule has 1 atom stereocenters. The van der Waals surface area contributed by atoms with E-state index >= 15 is 0 Å². The van der Waals surface area contributed by atoms with E-state index < -0.39 is 0 Å². The molecule has 1 fully saturated rings. The van der Waals surface area contributed by atoms with Gasteiger partial charge in [-0.15, -0.1) is 0 Å². The molecule has 1 saturated heterocycles. The van der Waals surface area contributed by atoms with Crippen LogP contribution in [0.5, 0.6) is 0 Å². The van der Waals surface area contributed by atoms with E-state index in [1.807, 2.05) is 30.3 Å². The predicted molar refractivity (Wildman–Crippen MR) is 75.4 cm³/mol. The highest BCUT2D eigenvalue weighted by Crippen LogP contribution is 2.10. The zero-order valence-electron chi connectivity index (χ0n) is 11.3. The molecule has 2 rings (SSSR count). The Kier molecular flexibility index (Phi) is 5.18. The van der Waals surface area contributed by atoms with Crippen molar-refractivity contribution in [3.63, 3.8) is 0 Å². The van der Waals surface area contributed by atoms with Crippen LogP contribution in [0.2, 0.25) is 0 Å². The topological polar surface area (TPSA) is 53.6 Å². The van der Waals surface area contributed by atoms with Crippen LogP contribution in [0, 0.1) is 5.92 Å². The summed E-state index contributed by atoms with van der Waals surface area (Å²) in [5, 5.41) is 6.24. The fourth-order valence-electron chi connectivity index (χ4n) is 2.01. The summed E-state index contributed by atoms with van der Waals surface area (Å²) in [5.74, 6) is 0.329. The summed E-state index contributed by atoms with van der Waals surface area (Å²) >= 11 is 0. The maximum absolute atomic E-state index is 12.0. The number of nitrogens with zero attached hydrogens (tertiary/aromatic N) is 1. The number of urea groups is 1. The zero-order chi connectivity index (χ0) is 13.5. The lowest BCUT2D eigenvalue weighted by Gasteiger charge is -2.20. The molecule has 0 saturated carbocycles. The molecule has 1 unspecified atom stereocenters. The molecule has 0 aromatic heterocycles. The first-order valence-electron chi connectivity index (χ1n) is 6.62. The SMILES string of the molecule is CN(C(=O)NCC1CNCCOC1)c1ccccc1. The fraction of sp³-hybridized carbons (Fsp3) is 0.500. The Morgan fingerprint density at radius 1 is 1.47 bits per heavy atom. The van der Waals surface area contributed by atoms with Crippen molar-refractivity contribution in [1.29, 1.82) is 0 Å². The Hall–Kier alpha value is -1.59. The number of rotatable bonds is 3. The van der Waals surface area contributed by atoms with Crippen molar-refractivity contribution >= 4 is 11.7 Å². The van der Waals surface area contributed by atoms with Crippen LogP contribution in [0.15, 0.2) is 30.3 Å². The highest BCUT2D eigenvalue weighted by molar-refractivity contribution is 5.91. The van der Waals surface area contributed by atoms with Crippen molar-refractivity contribution < 1.29 is 9.53 Å². The third kappa shape index (κ3) is 4.22. The van der Waals surface area contributed by atoms with E-state index in [2.05, 4.69) is 10.6 Å². The minimum absolute atomic E-state index is 0.0875. The summed E-state index contributed by atoms with van der Waals surface area (Å²) < 4.78 is 5.46. The first-order valence-corrected chi connectivity index (χ1v) is 6.62. The van der Waals surface area contributed by atoms with Crippen molar-refractivity contribution in [2.24, 2.45) is 5.92 Å². The average Bonchev–Trinajstić information content (AvgIpc) is 2.73. The van der Waals surface area contributed by atoms with Crippen LogP contribution < -0.4 is 15.5 Å². The molecule has 0 radical (unpaired) electrons. The van der Waals surface area contributed by atoms with Gasteiger partial charge >= 0.3 is 6.03 Å². The quantitative estimate of drug-likeness (QED) is 0.857. The highest BCUT2D eigenvalue weighted by atomic mass is 16.5. The van der Waals surface area contributed by atoms with Gasteiger partial charge in [0.1, 0.15) is 0 Å². The van der Waals surface area contributed by atoms with E-state index in [-0.39, 0.29) is 6.03 Å². The lowest BCUT2D eigenvalue weighted by molar-refractivity contribution is 0.123. The predicted octanol–water partition coefficient (Wildman–Crippen LogP) is 1.07. The number of hydrogen-bond acceptors (Lipinski definition) is 3. The number of para-hydroxylation sites is 1. The lowest BCUT2D eigenvalue weighted by atomic mass is 10.1.